The number of nitrogens with one attached hydrogen (secondary N) is 2. The number of nitro benzene ring substituents is 1. The summed E-state index contributed by atoms with van der Waals surface area (Å²) in [5.74, 6) is 0.526. The summed E-state index contributed by atoms with van der Waals surface area (Å²) in [6, 6.07) is 12.5. The molecule has 2 rings (SSSR count). The van der Waals surface area contributed by atoms with Crippen molar-refractivity contribution in [2.45, 2.75) is 34.6 Å². The molecule has 0 radical (unpaired) electrons. The number of amides is 1. The van der Waals surface area contributed by atoms with E-state index in [4.69, 9.17) is 0 Å². The average molecular weight is 440 g/mol. The molecule has 0 bridgehead atoms. The van der Waals surface area contributed by atoms with Crippen LogP contribution < -0.4 is 15.6 Å². The van der Waals surface area contributed by atoms with E-state index in [0.29, 0.717) is 17.4 Å². The molecule has 0 aromatic heterocycles. The number of non-ortho nitro benzene ring substituents is 1. The van der Waals surface area contributed by atoms with E-state index in [2.05, 4.69) is 48.4 Å². The van der Waals surface area contributed by atoms with Gasteiger partial charge in [-0.1, -0.05) is 39.8 Å². The SMILES string of the molecule is Cc1cccc(NCC(=O)N/N=C\c2cc([N+](=O)[O-])ccc2N(CC(C)C)CC(C)C)c1. The summed E-state index contributed by atoms with van der Waals surface area (Å²) in [4.78, 5) is 25.2. The van der Waals surface area contributed by atoms with Crippen LogP contribution in [0.4, 0.5) is 17.1 Å². The molecule has 0 atom stereocenters. The minimum absolute atomic E-state index is 0.0170. The largest absolute Gasteiger partial charge is 0.376 e. The number of hydrogen-bond donors (Lipinski definition) is 2. The zero-order valence-electron chi connectivity index (χ0n) is 19.5. The van der Waals surface area contributed by atoms with E-state index < -0.39 is 4.92 Å². The van der Waals surface area contributed by atoms with Gasteiger partial charge in [0.15, 0.2) is 0 Å². The van der Waals surface area contributed by atoms with Crippen LogP contribution in [0.5, 0.6) is 0 Å². The summed E-state index contributed by atoms with van der Waals surface area (Å²) in [7, 11) is 0. The summed E-state index contributed by atoms with van der Waals surface area (Å²) in [5.41, 5.74) is 5.87. The van der Waals surface area contributed by atoms with Gasteiger partial charge in [-0.3, -0.25) is 14.9 Å². The molecule has 32 heavy (non-hydrogen) atoms. The number of hydrazone groups is 1. The third-order valence-corrected chi connectivity index (χ3v) is 4.60. The molecule has 0 fully saturated rings. The van der Waals surface area contributed by atoms with Gasteiger partial charge in [-0.15, -0.1) is 0 Å². The molecular weight excluding hydrogens is 406 g/mol. The second kappa shape index (κ2) is 11.8. The number of hydrogen-bond acceptors (Lipinski definition) is 6. The van der Waals surface area contributed by atoms with Crippen LogP contribution in [0, 0.1) is 28.9 Å². The molecule has 8 heteroatoms. The van der Waals surface area contributed by atoms with Gasteiger partial charge in [-0.05, 0) is 42.5 Å². The lowest BCUT2D eigenvalue weighted by molar-refractivity contribution is -0.384. The van der Waals surface area contributed by atoms with E-state index in [1.165, 1.54) is 18.3 Å². The van der Waals surface area contributed by atoms with E-state index in [0.717, 1.165) is 30.0 Å². The van der Waals surface area contributed by atoms with Crippen molar-refractivity contribution in [1.82, 2.24) is 5.43 Å². The lowest BCUT2D eigenvalue weighted by atomic mass is 10.1. The van der Waals surface area contributed by atoms with Crippen molar-refractivity contribution >= 4 is 29.2 Å². The van der Waals surface area contributed by atoms with Crippen LogP contribution in [0.3, 0.4) is 0 Å². The van der Waals surface area contributed by atoms with Crippen molar-refractivity contribution in [3.8, 4) is 0 Å². The van der Waals surface area contributed by atoms with E-state index in [1.54, 1.807) is 6.07 Å². The predicted octanol–water partition coefficient (Wildman–Crippen LogP) is 4.58. The molecule has 2 aromatic carbocycles. The maximum Gasteiger partial charge on any atom is 0.270 e. The van der Waals surface area contributed by atoms with Crippen LogP contribution in [0.15, 0.2) is 47.6 Å². The summed E-state index contributed by atoms with van der Waals surface area (Å²) in [6.07, 6.45) is 1.47. The molecule has 0 heterocycles. The molecule has 0 aliphatic heterocycles. The fourth-order valence-corrected chi connectivity index (χ4v) is 3.35. The number of aryl methyl sites for hydroxylation is 1. The minimum atomic E-state index is -0.430. The number of carbonyl (C=O) groups excluding carboxylic acids is 1. The molecule has 0 saturated heterocycles. The maximum absolute atomic E-state index is 12.2. The highest BCUT2D eigenvalue weighted by Gasteiger charge is 2.17. The molecule has 0 aliphatic carbocycles. The Morgan fingerprint density at radius 1 is 1.12 bits per heavy atom. The highest BCUT2D eigenvalue weighted by Crippen LogP contribution is 2.26. The van der Waals surface area contributed by atoms with Crippen molar-refractivity contribution in [2.24, 2.45) is 16.9 Å². The van der Waals surface area contributed by atoms with Gasteiger partial charge in [0, 0.05) is 42.2 Å². The summed E-state index contributed by atoms with van der Waals surface area (Å²) >= 11 is 0. The second-order valence-electron chi connectivity index (χ2n) is 8.71. The number of carbonyl (C=O) groups is 1. The zero-order chi connectivity index (χ0) is 23.7. The molecule has 2 N–H and O–H groups in total. The normalized spacial score (nSPS) is 11.2. The number of nitro groups is 1. The van der Waals surface area contributed by atoms with Crippen LogP contribution >= 0.6 is 0 Å². The minimum Gasteiger partial charge on any atom is -0.376 e. The van der Waals surface area contributed by atoms with Crippen molar-refractivity contribution in [3.05, 3.63) is 63.7 Å². The highest BCUT2D eigenvalue weighted by atomic mass is 16.6. The molecule has 172 valence electrons. The first-order chi connectivity index (χ1) is 15.2. The summed E-state index contributed by atoms with van der Waals surface area (Å²) in [6.45, 7) is 12.2. The number of benzene rings is 2. The Hall–Kier alpha value is -3.42. The Balaban J connectivity index is 2.16. The first-order valence-electron chi connectivity index (χ1n) is 10.8. The van der Waals surface area contributed by atoms with Crippen LogP contribution in [-0.4, -0.2) is 36.7 Å². The first kappa shape index (κ1) is 24.8. The van der Waals surface area contributed by atoms with Crippen LogP contribution in [0.2, 0.25) is 0 Å². The smallest absolute Gasteiger partial charge is 0.270 e. The Morgan fingerprint density at radius 3 is 2.41 bits per heavy atom. The zero-order valence-corrected chi connectivity index (χ0v) is 19.5. The van der Waals surface area contributed by atoms with Crippen molar-refractivity contribution in [1.29, 1.82) is 0 Å². The quantitative estimate of drug-likeness (QED) is 0.303. The van der Waals surface area contributed by atoms with Crippen LogP contribution in [0.1, 0.15) is 38.8 Å². The van der Waals surface area contributed by atoms with Crippen molar-refractivity contribution in [2.75, 3.05) is 29.9 Å². The summed E-state index contributed by atoms with van der Waals surface area (Å²) < 4.78 is 0. The monoisotopic (exact) mass is 439 g/mol. The van der Waals surface area contributed by atoms with Gasteiger partial charge in [0.2, 0.25) is 0 Å². The third kappa shape index (κ3) is 8.02. The van der Waals surface area contributed by atoms with E-state index >= 15 is 0 Å². The number of rotatable bonds is 11. The van der Waals surface area contributed by atoms with E-state index in [9.17, 15) is 14.9 Å². The van der Waals surface area contributed by atoms with Gasteiger partial charge in [0.25, 0.3) is 11.6 Å². The van der Waals surface area contributed by atoms with E-state index in [1.807, 2.05) is 31.2 Å². The standard InChI is InChI=1S/C24H33N5O3/c1-17(2)15-28(16-18(3)4)23-10-9-22(29(31)32)12-20(23)13-26-27-24(30)14-25-21-8-6-7-19(5)11-21/h6-13,17-18,25H,14-16H2,1-5H3,(H,27,30)/b26-13-. The van der Waals surface area contributed by atoms with Gasteiger partial charge in [0.05, 0.1) is 17.7 Å². The predicted molar refractivity (Wildman–Crippen MR) is 130 cm³/mol. The maximum atomic E-state index is 12.2. The Kier molecular flexibility index (Phi) is 9.19. The highest BCUT2D eigenvalue weighted by molar-refractivity contribution is 5.90. The molecule has 0 aliphatic rings. The van der Waals surface area contributed by atoms with Gasteiger partial charge >= 0.3 is 0 Å². The van der Waals surface area contributed by atoms with Crippen molar-refractivity contribution in [3.63, 3.8) is 0 Å². The molecular formula is C24H33N5O3. The second-order valence-corrected chi connectivity index (χ2v) is 8.71. The molecule has 8 nitrogen and oxygen atoms in total. The van der Waals surface area contributed by atoms with Crippen LogP contribution in [0.25, 0.3) is 0 Å². The van der Waals surface area contributed by atoms with Crippen molar-refractivity contribution < 1.29 is 9.72 Å². The molecule has 0 unspecified atom stereocenters. The Labute approximate surface area is 189 Å². The first-order valence-corrected chi connectivity index (χ1v) is 10.8. The molecule has 0 saturated carbocycles. The Morgan fingerprint density at radius 2 is 1.81 bits per heavy atom. The third-order valence-electron chi connectivity index (χ3n) is 4.60. The van der Waals surface area contributed by atoms with Gasteiger partial charge in [0.1, 0.15) is 0 Å². The number of anilines is 2. The molecule has 1 amide bonds. The summed E-state index contributed by atoms with van der Waals surface area (Å²) in [5, 5.41) is 18.4. The molecule has 2 aromatic rings. The topological polar surface area (TPSA) is 99.9 Å². The van der Waals surface area contributed by atoms with Gasteiger partial charge in [-0.2, -0.15) is 5.10 Å². The average Bonchev–Trinajstić information content (AvgIpc) is 2.71. The fourth-order valence-electron chi connectivity index (χ4n) is 3.35. The lowest BCUT2D eigenvalue weighted by Gasteiger charge is -2.29. The van der Waals surface area contributed by atoms with Gasteiger partial charge in [-0.25, -0.2) is 5.43 Å². The molecule has 0 spiro atoms. The Bertz CT molecular complexity index is 946. The number of nitrogens with zero attached hydrogens (tertiary/aromatic N) is 3. The fraction of sp³-hybridized carbons (Fsp3) is 0.417. The van der Waals surface area contributed by atoms with Gasteiger partial charge < -0.3 is 10.2 Å². The lowest BCUT2D eigenvalue weighted by Crippen LogP contribution is -2.32. The van der Waals surface area contributed by atoms with E-state index in [-0.39, 0.29) is 18.1 Å². The van der Waals surface area contributed by atoms with Crippen LogP contribution in [-0.2, 0) is 4.79 Å².